The molecule has 2 aromatic carbocycles. The molecule has 0 unspecified atom stereocenters. The van der Waals surface area contributed by atoms with Gasteiger partial charge in [0, 0.05) is 6.07 Å². The lowest BCUT2D eigenvalue weighted by atomic mass is 9.88. The highest BCUT2D eigenvalue weighted by Crippen LogP contribution is 2.38. The Bertz CT molecular complexity index is 740. The number of hydrogen-bond acceptors (Lipinski definition) is 1. The van der Waals surface area contributed by atoms with Gasteiger partial charge in [0.1, 0.15) is 17.5 Å². The van der Waals surface area contributed by atoms with Crippen LogP contribution >= 0.6 is 0 Å². The van der Waals surface area contributed by atoms with Crippen LogP contribution in [0.2, 0.25) is 0 Å². The first kappa shape index (κ1) is 16.4. The van der Waals surface area contributed by atoms with Crippen molar-refractivity contribution in [3.05, 3.63) is 65.5 Å². The van der Waals surface area contributed by atoms with Gasteiger partial charge in [0.25, 0.3) is 0 Å². The zero-order valence-corrected chi connectivity index (χ0v) is 12.9. The molecule has 2 aromatic rings. The fraction of sp³-hybridized carbons (Fsp3) is 0.278. The summed E-state index contributed by atoms with van der Waals surface area (Å²) in [6.45, 7) is 0. The van der Waals surface area contributed by atoms with Gasteiger partial charge in [-0.25, -0.2) is 18.0 Å². The Morgan fingerprint density at radius 1 is 0.917 bits per heavy atom. The number of rotatable bonds is 3. The molecular weight excluding hydrogens is 317 g/mol. The average Bonchev–Trinajstić information content (AvgIpc) is 3.00. The van der Waals surface area contributed by atoms with E-state index in [0.29, 0.717) is 6.07 Å². The van der Waals surface area contributed by atoms with Crippen LogP contribution in [0.4, 0.5) is 23.7 Å². The Labute approximate surface area is 137 Å². The molecule has 3 nitrogen and oxygen atoms in total. The number of nitrogens with one attached hydrogen (secondary N) is 2. The number of amides is 2. The number of urea groups is 1. The molecule has 0 spiro atoms. The highest BCUT2D eigenvalue weighted by Gasteiger charge is 2.37. The van der Waals surface area contributed by atoms with Gasteiger partial charge in [-0.3, -0.25) is 0 Å². The lowest BCUT2D eigenvalue weighted by Crippen LogP contribution is -2.46. The Morgan fingerprint density at radius 3 is 2.17 bits per heavy atom. The number of benzene rings is 2. The zero-order valence-electron chi connectivity index (χ0n) is 12.9. The highest BCUT2D eigenvalue weighted by atomic mass is 19.1. The summed E-state index contributed by atoms with van der Waals surface area (Å²) in [6, 6.07) is 8.39. The lowest BCUT2D eigenvalue weighted by molar-refractivity contribution is 0.236. The standard InChI is InChI=1S/C18H17F3N2O/c19-13-5-3-12(4-6-13)18(9-1-2-10-18)23-17(24)22-16-8-7-14(20)11-15(16)21/h3-8,11H,1-2,9-10H2,(H2,22,23,24). The van der Waals surface area contributed by atoms with Gasteiger partial charge >= 0.3 is 6.03 Å². The van der Waals surface area contributed by atoms with Crippen molar-refractivity contribution in [1.82, 2.24) is 5.32 Å². The average molecular weight is 334 g/mol. The van der Waals surface area contributed by atoms with Crippen LogP contribution < -0.4 is 10.6 Å². The van der Waals surface area contributed by atoms with Crippen molar-refractivity contribution in [2.75, 3.05) is 5.32 Å². The molecule has 0 aliphatic heterocycles. The molecule has 126 valence electrons. The van der Waals surface area contributed by atoms with E-state index in [1.165, 1.54) is 18.2 Å². The minimum absolute atomic E-state index is 0.0962. The molecule has 6 heteroatoms. The van der Waals surface area contributed by atoms with E-state index in [1.807, 2.05) is 0 Å². The molecule has 3 rings (SSSR count). The monoisotopic (exact) mass is 334 g/mol. The maximum Gasteiger partial charge on any atom is 0.320 e. The Morgan fingerprint density at radius 2 is 1.54 bits per heavy atom. The molecule has 2 amide bonds. The fourth-order valence-electron chi connectivity index (χ4n) is 3.20. The predicted molar refractivity (Wildman–Crippen MR) is 85.1 cm³/mol. The molecular formula is C18H17F3N2O. The molecule has 0 bridgehead atoms. The molecule has 1 saturated carbocycles. The molecule has 1 aliphatic rings. The van der Waals surface area contributed by atoms with Crippen LogP contribution in [0, 0.1) is 17.5 Å². The minimum atomic E-state index is -0.840. The van der Waals surface area contributed by atoms with Gasteiger partial charge in [0.2, 0.25) is 0 Å². The van der Waals surface area contributed by atoms with Gasteiger partial charge in [-0.1, -0.05) is 25.0 Å². The maximum absolute atomic E-state index is 13.7. The third-order valence-electron chi connectivity index (χ3n) is 4.39. The topological polar surface area (TPSA) is 41.1 Å². The van der Waals surface area contributed by atoms with Crippen LogP contribution in [0.1, 0.15) is 31.2 Å². The molecule has 0 aromatic heterocycles. The van der Waals surface area contributed by atoms with Gasteiger partial charge in [0.15, 0.2) is 0 Å². The van der Waals surface area contributed by atoms with Crippen molar-refractivity contribution in [1.29, 1.82) is 0 Å². The van der Waals surface area contributed by atoms with Crippen LogP contribution in [0.25, 0.3) is 0 Å². The van der Waals surface area contributed by atoms with Crippen LogP contribution in [0.5, 0.6) is 0 Å². The van der Waals surface area contributed by atoms with Crippen molar-refractivity contribution < 1.29 is 18.0 Å². The zero-order chi connectivity index (χ0) is 17.2. The van der Waals surface area contributed by atoms with Crippen molar-refractivity contribution >= 4 is 11.7 Å². The van der Waals surface area contributed by atoms with Gasteiger partial charge in [-0.2, -0.15) is 0 Å². The number of hydrogen-bond donors (Lipinski definition) is 2. The SMILES string of the molecule is O=C(Nc1ccc(F)cc1F)NC1(c2ccc(F)cc2)CCCC1. The largest absolute Gasteiger partial charge is 0.328 e. The second-order valence-corrected chi connectivity index (χ2v) is 6.00. The number of anilines is 1. The number of carbonyl (C=O) groups excluding carboxylic acids is 1. The predicted octanol–water partition coefficient (Wildman–Crippen LogP) is 4.69. The smallest absolute Gasteiger partial charge is 0.320 e. The maximum atomic E-state index is 13.7. The van der Waals surface area contributed by atoms with Gasteiger partial charge in [-0.05, 0) is 42.7 Å². The normalized spacial score (nSPS) is 16.0. The fourth-order valence-corrected chi connectivity index (χ4v) is 3.20. The third-order valence-corrected chi connectivity index (χ3v) is 4.39. The molecule has 2 N–H and O–H groups in total. The second kappa shape index (κ2) is 6.55. The van der Waals surface area contributed by atoms with Crippen molar-refractivity contribution in [3.63, 3.8) is 0 Å². The van der Waals surface area contributed by atoms with Gasteiger partial charge in [0.05, 0.1) is 11.2 Å². The van der Waals surface area contributed by atoms with Crippen LogP contribution in [0.3, 0.4) is 0 Å². The molecule has 1 fully saturated rings. The molecule has 1 aliphatic carbocycles. The first-order valence-electron chi connectivity index (χ1n) is 7.79. The van der Waals surface area contributed by atoms with Crippen LogP contribution in [0.15, 0.2) is 42.5 Å². The van der Waals surface area contributed by atoms with E-state index in [4.69, 9.17) is 0 Å². The van der Waals surface area contributed by atoms with E-state index >= 15 is 0 Å². The van der Waals surface area contributed by atoms with E-state index in [-0.39, 0.29) is 11.5 Å². The molecule has 0 radical (unpaired) electrons. The summed E-state index contributed by atoms with van der Waals surface area (Å²) in [4.78, 5) is 12.3. The van der Waals surface area contributed by atoms with E-state index < -0.39 is 23.2 Å². The summed E-state index contributed by atoms with van der Waals surface area (Å²) in [5.41, 5.74) is 0.117. The molecule has 24 heavy (non-hydrogen) atoms. The minimum Gasteiger partial charge on any atom is -0.328 e. The van der Waals surface area contributed by atoms with E-state index in [0.717, 1.165) is 37.3 Å². The van der Waals surface area contributed by atoms with Crippen molar-refractivity contribution in [2.45, 2.75) is 31.2 Å². The quantitative estimate of drug-likeness (QED) is 0.840. The summed E-state index contributed by atoms with van der Waals surface area (Å²) < 4.78 is 39.7. The summed E-state index contributed by atoms with van der Waals surface area (Å²) >= 11 is 0. The van der Waals surface area contributed by atoms with Gasteiger partial charge < -0.3 is 10.6 Å². The number of halogens is 3. The Balaban J connectivity index is 1.78. The number of carbonyl (C=O) groups is 1. The van der Waals surface area contributed by atoms with E-state index in [1.54, 1.807) is 12.1 Å². The van der Waals surface area contributed by atoms with Crippen molar-refractivity contribution in [3.8, 4) is 0 Å². The van der Waals surface area contributed by atoms with E-state index in [2.05, 4.69) is 10.6 Å². The summed E-state index contributed by atoms with van der Waals surface area (Å²) in [6.07, 6.45) is 3.31. The molecule has 0 heterocycles. The Hall–Kier alpha value is -2.50. The lowest BCUT2D eigenvalue weighted by Gasteiger charge is -2.31. The highest BCUT2D eigenvalue weighted by molar-refractivity contribution is 5.90. The summed E-state index contributed by atoms with van der Waals surface area (Å²) in [5, 5.41) is 5.29. The first-order chi connectivity index (χ1) is 11.5. The summed E-state index contributed by atoms with van der Waals surface area (Å²) in [7, 11) is 0. The molecule has 0 atom stereocenters. The van der Waals surface area contributed by atoms with Crippen molar-refractivity contribution in [2.24, 2.45) is 0 Å². The Kier molecular flexibility index (Phi) is 4.46. The van der Waals surface area contributed by atoms with Crippen LogP contribution in [-0.2, 0) is 5.54 Å². The molecule has 0 saturated heterocycles. The third kappa shape index (κ3) is 3.37. The van der Waals surface area contributed by atoms with Gasteiger partial charge in [-0.15, -0.1) is 0 Å². The summed E-state index contributed by atoms with van der Waals surface area (Å²) in [5.74, 6) is -1.89. The first-order valence-corrected chi connectivity index (χ1v) is 7.79. The van der Waals surface area contributed by atoms with E-state index in [9.17, 15) is 18.0 Å². The van der Waals surface area contributed by atoms with Crippen LogP contribution in [-0.4, -0.2) is 6.03 Å². The second-order valence-electron chi connectivity index (χ2n) is 6.00.